The summed E-state index contributed by atoms with van der Waals surface area (Å²) in [5.74, 6) is 1.18. The molecule has 0 radical (unpaired) electrons. The molecule has 0 spiro atoms. The molecule has 0 fully saturated rings. The zero-order valence-corrected chi connectivity index (χ0v) is 14.0. The van der Waals surface area contributed by atoms with Crippen molar-refractivity contribution >= 4 is 29.3 Å². The molecule has 0 unspecified atom stereocenters. The van der Waals surface area contributed by atoms with E-state index in [1.165, 1.54) is 12.5 Å². The van der Waals surface area contributed by atoms with Gasteiger partial charge in [-0.3, -0.25) is 4.79 Å². The average Bonchev–Trinajstić information content (AvgIpc) is 2.51. The molecule has 0 saturated heterocycles. The topological polar surface area (TPSA) is 35.5 Å². The van der Waals surface area contributed by atoms with Crippen molar-refractivity contribution in [2.45, 2.75) is 24.2 Å². The molecule has 0 amide bonds. The van der Waals surface area contributed by atoms with Gasteiger partial charge in [-0.05, 0) is 17.7 Å². The lowest BCUT2D eigenvalue weighted by Gasteiger charge is -2.14. The minimum Gasteiger partial charge on any atom is -0.495 e. The Balaban J connectivity index is 2.20. The molecule has 0 heterocycles. The molecule has 0 N–H and O–H groups in total. The first-order chi connectivity index (χ1) is 10.6. The normalized spacial score (nSPS) is 10.3. The van der Waals surface area contributed by atoms with E-state index in [-0.39, 0.29) is 12.6 Å². The number of carbonyl (C=O) groups is 1. The van der Waals surface area contributed by atoms with Gasteiger partial charge in [0.05, 0.1) is 12.0 Å². The van der Waals surface area contributed by atoms with Crippen molar-refractivity contribution in [3.05, 3.63) is 58.6 Å². The first-order valence-corrected chi connectivity index (χ1v) is 8.13. The maximum absolute atomic E-state index is 11.0. The Hall–Kier alpha value is -1.65. The number of ether oxygens (including phenoxy) is 2. The highest BCUT2D eigenvalue weighted by Crippen LogP contribution is 2.37. The molecule has 0 atom stereocenters. The first-order valence-electron chi connectivity index (χ1n) is 6.76. The summed E-state index contributed by atoms with van der Waals surface area (Å²) in [7, 11) is 1.60. The highest BCUT2D eigenvalue weighted by molar-refractivity contribution is 7.98. The van der Waals surface area contributed by atoms with E-state index in [1.807, 2.05) is 24.3 Å². The zero-order valence-electron chi connectivity index (χ0n) is 12.5. The quantitative estimate of drug-likeness (QED) is 0.565. The second-order valence-electron chi connectivity index (χ2n) is 4.65. The van der Waals surface area contributed by atoms with Gasteiger partial charge < -0.3 is 9.47 Å². The summed E-state index contributed by atoms with van der Waals surface area (Å²) in [6, 6.07) is 13.8. The van der Waals surface area contributed by atoms with E-state index in [4.69, 9.17) is 21.1 Å². The minimum absolute atomic E-state index is 0.151. The monoisotopic (exact) mass is 336 g/mol. The van der Waals surface area contributed by atoms with Gasteiger partial charge in [0, 0.05) is 23.3 Å². The van der Waals surface area contributed by atoms with Gasteiger partial charge >= 0.3 is 5.97 Å². The van der Waals surface area contributed by atoms with E-state index < -0.39 is 0 Å². The molecular weight excluding hydrogens is 320 g/mol. The third kappa shape index (κ3) is 4.68. The molecule has 2 aromatic rings. The van der Waals surface area contributed by atoms with Crippen molar-refractivity contribution in [3.8, 4) is 5.75 Å². The van der Waals surface area contributed by atoms with E-state index in [1.54, 1.807) is 24.9 Å². The molecule has 2 rings (SSSR count). The Labute approximate surface area is 139 Å². The predicted molar refractivity (Wildman–Crippen MR) is 89.5 cm³/mol. The number of halogens is 1. The third-order valence-corrected chi connectivity index (χ3v) is 4.28. The van der Waals surface area contributed by atoms with Gasteiger partial charge in [-0.2, -0.15) is 0 Å². The summed E-state index contributed by atoms with van der Waals surface area (Å²) < 4.78 is 10.5. The zero-order chi connectivity index (χ0) is 15.9. The predicted octanol–water partition coefficient (Wildman–Crippen LogP) is 4.70. The molecule has 0 bridgehead atoms. The van der Waals surface area contributed by atoms with Gasteiger partial charge in [0.15, 0.2) is 0 Å². The van der Waals surface area contributed by atoms with Crippen LogP contribution in [0.25, 0.3) is 0 Å². The molecule has 0 aliphatic rings. The molecule has 0 aliphatic carbocycles. The number of methoxy groups -OCH3 is 1. The van der Waals surface area contributed by atoms with Crippen LogP contribution >= 0.6 is 23.4 Å². The van der Waals surface area contributed by atoms with Crippen LogP contribution in [-0.2, 0) is 21.9 Å². The second kappa shape index (κ2) is 8.11. The van der Waals surface area contributed by atoms with Gasteiger partial charge in [0.2, 0.25) is 0 Å². The lowest BCUT2D eigenvalue weighted by atomic mass is 10.2. The Morgan fingerprint density at radius 2 is 1.95 bits per heavy atom. The summed E-state index contributed by atoms with van der Waals surface area (Å²) in [5.41, 5.74) is 1.98. The molecule has 0 aliphatic heterocycles. The fourth-order valence-electron chi connectivity index (χ4n) is 1.98. The number of hydrogen-bond donors (Lipinski definition) is 0. The van der Waals surface area contributed by atoms with Crippen molar-refractivity contribution in [2.75, 3.05) is 7.11 Å². The lowest BCUT2D eigenvalue weighted by Crippen LogP contribution is -2.02. The number of carbonyl (C=O) groups excluding carboxylic acids is 1. The van der Waals surface area contributed by atoms with E-state index in [2.05, 4.69) is 12.1 Å². The van der Waals surface area contributed by atoms with Gasteiger partial charge in [0.25, 0.3) is 0 Å². The maximum atomic E-state index is 11.0. The first kappa shape index (κ1) is 16.7. The molecular formula is C17H17ClO3S. The van der Waals surface area contributed by atoms with E-state index >= 15 is 0 Å². The van der Waals surface area contributed by atoms with Crippen molar-refractivity contribution in [1.29, 1.82) is 0 Å². The Bertz CT molecular complexity index is 644. The van der Waals surface area contributed by atoms with Crippen LogP contribution in [0, 0.1) is 0 Å². The minimum atomic E-state index is -0.333. The molecule has 0 aromatic heterocycles. The van der Waals surface area contributed by atoms with Crippen LogP contribution in [0.2, 0.25) is 5.02 Å². The van der Waals surface area contributed by atoms with Crippen LogP contribution in [0.1, 0.15) is 18.1 Å². The van der Waals surface area contributed by atoms with Crippen LogP contribution in [0.3, 0.4) is 0 Å². The standard InChI is InChI=1S/C17H17ClO3S/c1-12(19)21-10-14-8-15(18)9-16(17(14)20-2)22-11-13-6-4-3-5-7-13/h3-9H,10-11H2,1-2H3. The van der Waals surface area contributed by atoms with Crippen LogP contribution in [0.15, 0.2) is 47.4 Å². The molecule has 0 saturated carbocycles. The van der Waals surface area contributed by atoms with Crippen molar-refractivity contribution < 1.29 is 14.3 Å². The number of hydrogen-bond acceptors (Lipinski definition) is 4. The maximum Gasteiger partial charge on any atom is 0.302 e. The highest BCUT2D eigenvalue weighted by atomic mass is 35.5. The second-order valence-corrected chi connectivity index (χ2v) is 6.10. The Morgan fingerprint density at radius 1 is 1.23 bits per heavy atom. The van der Waals surface area contributed by atoms with Crippen LogP contribution < -0.4 is 4.74 Å². The smallest absolute Gasteiger partial charge is 0.302 e. The average molecular weight is 337 g/mol. The highest BCUT2D eigenvalue weighted by Gasteiger charge is 2.13. The van der Waals surface area contributed by atoms with E-state index in [0.29, 0.717) is 10.8 Å². The molecule has 22 heavy (non-hydrogen) atoms. The number of thioether (sulfide) groups is 1. The summed E-state index contributed by atoms with van der Waals surface area (Å²) in [4.78, 5) is 11.9. The number of benzene rings is 2. The molecule has 5 heteroatoms. The van der Waals surface area contributed by atoms with Gasteiger partial charge in [-0.15, -0.1) is 11.8 Å². The largest absolute Gasteiger partial charge is 0.495 e. The van der Waals surface area contributed by atoms with Gasteiger partial charge in [-0.1, -0.05) is 41.9 Å². The Kier molecular flexibility index (Phi) is 6.16. The number of esters is 1. The van der Waals surface area contributed by atoms with Crippen LogP contribution in [0.4, 0.5) is 0 Å². The summed E-state index contributed by atoms with van der Waals surface area (Å²) in [6.45, 7) is 1.53. The van der Waals surface area contributed by atoms with E-state index in [9.17, 15) is 4.79 Å². The summed E-state index contributed by atoms with van der Waals surface area (Å²) in [6.07, 6.45) is 0. The third-order valence-electron chi connectivity index (χ3n) is 2.97. The summed E-state index contributed by atoms with van der Waals surface area (Å²) in [5, 5.41) is 0.596. The summed E-state index contributed by atoms with van der Waals surface area (Å²) >= 11 is 7.80. The molecule has 2 aromatic carbocycles. The van der Waals surface area contributed by atoms with Crippen LogP contribution in [-0.4, -0.2) is 13.1 Å². The lowest BCUT2D eigenvalue weighted by molar-refractivity contribution is -0.142. The molecule has 3 nitrogen and oxygen atoms in total. The van der Waals surface area contributed by atoms with Crippen molar-refractivity contribution in [2.24, 2.45) is 0 Å². The van der Waals surface area contributed by atoms with Crippen LogP contribution in [0.5, 0.6) is 5.75 Å². The SMILES string of the molecule is COc1c(COC(C)=O)cc(Cl)cc1SCc1ccccc1. The van der Waals surface area contributed by atoms with Gasteiger partial charge in [0.1, 0.15) is 12.4 Å². The van der Waals surface area contributed by atoms with Gasteiger partial charge in [-0.25, -0.2) is 0 Å². The Morgan fingerprint density at radius 3 is 2.59 bits per heavy atom. The van der Waals surface area contributed by atoms with Crippen molar-refractivity contribution in [1.82, 2.24) is 0 Å². The fourth-order valence-corrected chi connectivity index (χ4v) is 3.36. The number of rotatable bonds is 6. The van der Waals surface area contributed by atoms with E-state index in [0.717, 1.165) is 16.2 Å². The fraction of sp³-hybridized carbons (Fsp3) is 0.235. The van der Waals surface area contributed by atoms with Crippen molar-refractivity contribution in [3.63, 3.8) is 0 Å². The molecule has 116 valence electrons.